The summed E-state index contributed by atoms with van der Waals surface area (Å²) in [5.41, 5.74) is 0. The maximum atomic E-state index is 11.7. The van der Waals surface area contributed by atoms with E-state index in [-0.39, 0.29) is 18.1 Å². The van der Waals surface area contributed by atoms with Gasteiger partial charge in [-0.15, -0.1) is 0 Å². The van der Waals surface area contributed by atoms with Crippen molar-refractivity contribution in [3.8, 4) is 0 Å². The summed E-state index contributed by atoms with van der Waals surface area (Å²) < 4.78 is 10.8. The molecule has 0 bridgehead atoms. The molecule has 3 unspecified atom stereocenters. The molecule has 3 atom stereocenters. The van der Waals surface area contributed by atoms with E-state index in [1.807, 2.05) is 0 Å². The molecule has 2 aliphatic heterocycles. The third kappa shape index (κ3) is 4.47. The molecule has 1 amide bonds. The number of hydrogen-bond donors (Lipinski definition) is 2. The van der Waals surface area contributed by atoms with Crippen molar-refractivity contribution in [1.29, 1.82) is 0 Å². The van der Waals surface area contributed by atoms with E-state index in [2.05, 4.69) is 5.32 Å². The Bertz CT molecular complexity index is 327. The van der Waals surface area contributed by atoms with Crippen LogP contribution >= 0.6 is 0 Å². The normalized spacial score (nSPS) is 31.1. The number of aliphatic carboxylic acids is 1. The summed E-state index contributed by atoms with van der Waals surface area (Å²) in [6.07, 6.45) is 3.84. The van der Waals surface area contributed by atoms with Crippen LogP contribution in [0.15, 0.2) is 0 Å². The maximum absolute atomic E-state index is 11.7. The second-order valence-electron chi connectivity index (χ2n) is 5.16. The molecule has 19 heavy (non-hydrogen) atoms. The van der Waals surface area contributed by atoms with Crippen LogP contribution in [0.25, 0.3) is 0 Å². The molecule has 2 N–H and O–H groups in total. The van der Waals surface area contributed by atoms with Crippen molar-refractivity contribution < 1.29 is 24.2 Å². The van der Waals surface area contributed by atoms with Crippen molar-refractivity contribution in [3.63, 3.8) is 0 Å². The fourth-order valence-electron chi connectivity index (χ4n) is 2.51. The standard InChI is InChI=1S/C13H21NO5/c15-12(7-9-3-1-2-6-18-9)14-8-10-4-5-11(19-10)13(16)17/h9-11H,1-8H2,(H,14,15)(H,16,17). The molecular formula is C13H21NO5. The summed E-state index contributed by atoms with van der Waals surface area (Å²) in [6, 6.07) is 0. The van der Waals surface area contributed by atoms with Gasteiger partial charge in [0.1, 0.15) is 0 Å². The first-order valence-corrected chi connectivity index (χ1v) is 6.91. The van der Waals surface area contributed by atoms with E-state index in [0.29, 0.717) is 25.8 Å². The highest BCUT2D eigenvalue weighted by molar-refractivity contribution is 5.76. The molecule has 2 heterocycles. The molecule has 0 aliphatic carbocycles. The highest BCUT2D eigenvalue weighted by Gasteiger charge is 2.30. The summed E-state index contributed by atoms with van der Waals surface area (Å²) >= 11 is 0. The Labute approximate surface area is 112 Å². The van der Waals surface area contributed by atoms with E-state index in [1.54, 1.807) is 0 Å². The largest absolute Gasteiger partial charge is 0.479 e. The molecule has 2 saturated heterocycles. The topological polar surface area (TPSA) is 84.9 Å². The minimum absolute atomic E-state index is 0.0324. The quantitative estimate of drug-likeness (QED) is 0.768. The molecule has 2 rings (SSSR count). The predicted molar refractivity (Wildman–Crippen MR) is 66.7 cm³/mol. The van der Waals surface area contributed by atoms with Crippen LogP contribution < -0.4 is 5.32 Å². The van der Waals surface area contributed by atoms with Crippen molar-refractivity contribution in [2.24, 2.45) is 0 Å². The van der Waals surface area contributed by atoms with Crippen LogP contribution in [-0.4, -0.2) is 48.4 Å². The number of carboxylic acids is 1. The molecule has 6 nitrogen and oxygen atoms in total. The zero-order valence-corrected chi connectivity index (χ0v) is 11.0. The van der Waals surface area contributed by atoms with Crippen LogP contribution in [0, 0.1) is 0 Å². The highest BCUT2D eigenvalue weighted by atomic mass is 16.5. The van der Waals surface area contributed by atoms with Gasteiger partial charge in [-0.2, -0.15) is 0 Å². The van der Waals surface area contributed by atoms with Gasteiger partial charge in [0.15, 0.2) is 6.10 Å². The average Bonchev–Trinajstić information content (AvgIpc) is 2.86. The number of amides is 1. The van der Waals surface area contributed by atoms with Crippen LogP contribution in [0.3, 0.4) is 0 Å². The molecule has 2 fully saturated rings. The number of carboxylic acid groups (broad SMARTS) is 1. The molecule has 0 spiro atoms. The van der Waals surface area contributed by atoms with Crippen LogP contribution in [0.4, 0.5) is 0 Å². The van der Waals surface area contributed by atoms with Gasteiger partial charge in [-0.1, -0.05) is 0 Å². The Morgan fingerprint density at radius 2 is 2.00 bits per heavy atom. The Hall–Kier alpha value is -1.14. The third-order valence-corrected chi connectivity index (χ3v) is 3.60. The van der Waals surface area contributed by atoms with Gasteiger partial charge < -0.3 is 19.9 Å². The van der Waals surface area contributed by atoms with Gasteiger partial charge in [-0.25, -0.2) is 4.79 Å². The lowest BCUT2D eigenvalue weighted by molar-refractivity contribution is -0.149. The average molecular weight is 271 g/mol. The van der Waals surface area contributed by atoms with Gasteiger partial charge in [0.05, 0.1) is 18.6 Å². The molecular weight excluding hydrogens is 250 g/mol. The Balaban J connectivity index is 1.62. The number of ether oxygens (including phenoxy) is 2. The Morgan fingerprint density at radius 3 is 2.63 bits per heavy atom. The minimum atomic E-state index is -0.926. The van der Waals surface area contributed by atoms with E-state index in [0.717, 1.165) is 25.9 Å². The second kappa shape index (κ2) is 6.86. The number of nitrogens with one attached hydrogen (secondary N) is 1. The fourth-order valence-corrected chi connectivity index (χ4v) is 2.51. The van der Waals surface area contributed by atoms with Gasteiger partial charge in [0.25, 0.3) is 0 Å². The molecule has 0 radical (unpaired) electrons. The first-order chi connectivity index (χ1) is 9.15. The summed E-state index contributed by atoms with van der Waals surface area (Å²) in [6.45, 7) is 1.12. The smallest absolute Gasteiger partial charge is 0.332 e. The van der Waals surface area contributed by atoms with Crippen LogP contribution in [-0.2, 0) is 19.1 Å². The SMILES string of the molecule is O=C(CC1CCCCO1)NCC1CCC(C(=O)O)O1. The van der Waals surface area contributed by atoms with Crippen LogP contribution in [0.2, 0.25) is 0 Å². The molecule has 0 saturated carbocycles. The number of rotatable bonds is 5. The molecule has 6 heteroatoms. The summed E-state index contributed by atoms with van der Waals surface area (Å²) in [5.74, 6) is -0.973. The van der Waals surface area contributed by atoms with E-state index in [1.165, 1.54) is 0 Å². The molecule has 2 aliphatic rings. The molecule has 0 aromatic rings. The van der Waals surface area contributed by atoms with Crippen molar-refractivity contribution in [3.05, 3.63) is 0 Å². The number of carbonyl (C=O) groups excluding carboxylic acids is 1. The summed E-state index contributed by atoms with van der Waals surface area (Å²) in [7, 11) is 0. The van der Waals surface area contributed by atoms with E-state index >= 15 is 0 Å². The lowest BCUT2D eigenvalue weighted by Crippen LogP contribution is -2.35. The summed E-state index contributed by atoms with van der Waals surface area (Å²) in [4.78, 5) is 22.4. The van der Waals surface area contributed by atoms with Crippen molar-refractivity contribution in [2.45, 2.75) is 56.8 Å². The first kappa shape index (κ1) is 14.3. The van der Waals surface area contributed by atoms with Crippen molar-refractivity contribution >= 4 is 11.9 Å². The van der Waals surface area contributed by atoms with Gasteiger partial charge in [0, 0.05) is 13.2 Å². The predicted octanol–water partition coefficient (Wildman–Crippen LogP) is 0.694. The Morgan fingerprint density at radius 1 is 1.16 bits per heavy atom. The van der Waals surface area contributed by atoms with E-state index < -0.39 is 12.1 Å². The van der Waals surface area contributed by atoms with Crippen LogP contribution in [0.5, 0.6) is 0 Å². The summed E-state index contributed by atoms with van der Waals surface area (Å²) in [5, 5.41) is 11.6. The molecule has 108 valence electrons. The van der Waals surface area contributed by atoms with Gasteiger partial charge in [0.2, 0.25) is 5.91 Å². The number of carbonyl (C=O) groups is 2. The van der Waals surface area contributed by atoms with E-state index in [4.69, 9.17) is 14.6 Å². The van der Waals surface area contributed by atoms with E-state index in [9.17, 15) is 9.59 Å². The molecule has 0 aromatic heterocycles. The zero-order chi connectivity index (χ0) is 13.7. The van der Waals surface area contributed by atoms with Crippen molar-refractivity contribution in [1.82, 2.24) is 5.32 Å². The second-order valence-corrected chi connectivity index (χ2v) is 5.16. The first-order valence-electron chi connectivity index (χ1n) is 6.91. The minimum Gasteiger partial charge on any atom is -0.479 e. The lowest BCUT2D eigenvalue weighted by Gasteiger charge is -2.22. The van der Waals surface area contributed by atoms with Gasteiger partial charge >= 0.3 is 5.97 Å². The highest BCUT2D eigenvalue weighted by Crippen LogP contribution is 2.19. The Kier molecular flexibility index (Phi) is 5.15. The fraction of sp³-hybridized carbons (Fsp3) is 0.846. The monoisotopic (exact) mass is 271 g/mol. The molecule has 0 aromatic carbocycles. The van der Waals surface area contributed by atoms with Crippen LogP contribution in [0.1, 0.15) is 38.5 Å². The third-order valence-electron chi connectivity index (χ3n) is 3.60. The number of hydrogen-bond acceptors (Lipinski definition) is 4. The van der Waals surface area contributed by atoms with Gasteiger partial charge in [-0.05, 0) is 32.1 Å². The van der Waals surface area contributed by atoms with Gasteiger partial charge in [-0.3, -0.25) is 4.79 Å². The van der Waals surface area contributed by atoms with Crippen molar-refractivity contribution in [2.75, 3.05) is 13.2 Å². The zero-order valence-electron chi connectivity index (χ0n) is 11.0. The lowest BCUT2D eigenvalue weighted by atomic mass is 10.1. The maximum Gasteiger partial charge on any atom is 0.332 e.